The molecule has 114 valence electrons. The Balaban J connectivity index is 2.38. The largest absolute Gasteiger partial charge is 0.496 e. The van der Waals surface area contributed by atoms with E-state index in [1.54, 1.807) is 7.11 Å². The molecule has 0 saturated carbocycles. The Morgan fingerprint density at radius 2 is 1.81 bits per heavy atom. The van der Waals surface area contributed by atoms with E-state index >= 15 is 0 Å². The van der Waals surface area contributed by atoms with Gasteiger partial charge in [0, 0.05) is 5.56 Å². The fourth-order valence-corrected chi connectivity index (χ4v) is 2.67. The average Bonchev–Trinajstić information content (AvgIpc) is 2.50. The summed E-state index contributed by atoms with van der Waals surface area (Å²) in [6, 6.07) is 11.6. The second kappa shape index (κ2) is 6.92. The predicted molar refractivity (Wildman–Crippen MR) is 87.5 cm³/mol. The fourth-order valence-electron chi connectivity index (χ4n) is 2.67. The molecule has 3 N–H and O–H groups in total. The molecular formula is C18H25NO2. The molecule has 0 amide bonds. The average molecular weight is 287 g/mol. The number of nitrogens with two attached hydrogens (primary N) is 1. The molecule has 2 atom stereocenters. The summed E-state index contributed by atoms with van der Waals surface area (Å²) in [4.78, 5) is 0. The highest BCUT2D eigenvalue weighted by molar-refractivity contribution is 5.88. The van der Waals surface area contributed by atoms with Gasteiger partial charge in [0.1, 0.15) is 5.75 Å². The molecule has 3 heteroatoms. The molecule has 2 rings (SSSR count). The molecule has 0 unspecified atom stereocenters. The molecule has 0 heterocycles. The molecule has 2 aromatic carbocycles. The third-order valence-electron chi connectivity index (χ3n) is 3.94. The number of aliphatic hydroxyl groups is 1. The molecule has 0 saturated heterocycles. The zero-order valence-electron chi connectivity index (χ0n) is 13.0. The number of rotatable bonds is 6. The van der Waals surface area contributed by atoms with Gasteiger partial charge in [-0.05, 0) is 35.6 Å². The molecule has 0 bridgehead atoms. The Morgan fingerprint density at radius 1 is 1.10 bits per heavy atom. The third-order valence-corrected chi connectivity index (χ3v) is 3.94. The summed E-state index contributed by atoms with van der Waals surface area (Å²) in [5.41, 5.74) is 7.23. The van der Waals surface area contributed by atoms with Gasteiger partial charge in [-0.3, -0.25) is 0 Å². The Morgan fingerprint density at radius 3 is 2.48 bits per heavy atom. The SMILES string of the molecule is COc1ccc2ccccc2c1[C@H](N)[C@H](O)CCC(C)C. The maximum atomic E-state index is 10.4. The summed E-state index contributed by atoms with van der Waals surface area (Å²) in [6.07, 6.45) is 1.10. The fraction of sp³-hybridized carbons (Fsp3) is 0.444. The maximum absolute atomic E-state index is 10.4. The lowest BCUT2D eigenvalue weighted by atomic mass is 9.91. The lowest BCUT2D eigenvalue weighted by Gasteiger charge is -2.23. The molecule has 21 heavy (non-hydrogen) atoms. The van der Waals surface area contributed by atoms with E-state index in [1.165, 1.54) is 0 Å². The van der Waals surface area contributed by atoms with Crippen LogP contribution in [0, 0.1) is 5.92 Å². The minimum Gasteiger partial charge on any atom is -0.496 e. The molecule has 0 aliphatic carbocycles. The summed E-state index contributed by atoms with van der Waals surface area (Å²) in [5, 5.41) is 12.6. The topological polar surface area (TPSA) is 55.5 Å². The van der Waals surface area contributed by atoms with Crippen molar-refractivity contribution in [1.29, 1.82) is 0 Å². The van der Waals surface area contributed by atoms with Gasteiger partial charge in [-0.1, -0.05) is 44.2 Å². The van der Waals surface area contributed by atoms with Gasteiger partial charge in [-0.25, -0.2) is 0 Å². The maximum Gasteiger partial charge on any atom is 0.124 e. The number of fused-ring (bicyclic) bond motifs is 1. The minimum atomic E-state index is -0.563. The van der Waals surface area contributed by atoms with Crippen LogP contribution in [-0.2, 0) is 0 Å². The normalized spacial score (nSPS) is 14.4. The van der Waals surface area contributed by atoms with Crippen molar-refractivity contribution in [2.45, 2.75) is 38.8 Å². The number of benzene rings is 2. The first-order valence-corrected chi connectivity index (χ1v) is 7.54. The monoisotopic (exact) mass is 287 g/mol. The molecule has 0 radical (unpaired) electrons. The summed E-state index contributed by atoms with van der Waals surface area (Å²) in [6.45, 7) is 4.30. The van der Waals surface area contributed by atoms with Gasteiger partial charge in [-0.2, -0.15) is 0 Å². The molecule has 0 spiro atoms. The van der Waals surface area contributed by atoms with Crippen molar-refractivity contribution in [1.82, 2.24) is 0 Å². The highest BCUT2D eigenvalue weighted by Crippen LogP contribution is 2.34. The van der Waals surface area contributed by atoms with E-state index < -0.39 is 12.1 Å². The number of hydrogen-bond donors (Lipinski definition) is 2. The van der Waals surface area contributed by atoms with E-state index in [0.717, 1.165) is 28.5 Å². The molecule has 3 nitrogen and oxygen atoms in total. The first-order chi connectivity index (χ1) is 10.0. The Kier molecular flexibility index (Phi) is 5.21. The predicted octanol–water partition coefficient (Wildman–Crippen LogP) is 3.65. The number of methoxy groups -OCH3 is 1. The van der Waals surface area contributed by atoms with Crippen LogP contribution in [0.1, 0.15) is 38.3 Å². The molecule has 0 fully saturated rings. The minimum absolute atomic E-state index is 0.440. The first-order valence-electron chi connectivity index (χ1n) is 7.54. The van der Waals surface area contributed by atoms with Crippen molar-refractivity contribution >= 4 is 10.8 Å². The summed E-state index contributed by atoms with van der Waals surface area (Å²) in [7, 11) is 1.64. The van der Waals surface area contributed by atoms with Crippen LogP contribution in [0.4, 0.5) is 0 Å². The summed E-state index contributed by atoms with van der Waals surface area (Å²) in [5.74, 6) is 1.30. The molecule has 0 aliphatic heterocycles. The Hall–Kier alpha value is -1.58. The van der Waals surface area contributed by atoms with Gasteiger partial charge in [-0.15, -0.1) is 0 Å². The van der Waals surface area contributed by atoms with Gasteiger partial charge in [0.2, 0.25) is 0 Å². The van der Waals surface area contributed by atoms with Crippen molar-refractivity contribution in [3.63, 3.8) is 0 Å². The van der Waals surface area contributed by atoms with E-state index in [-0.39, 0.29) is 0 Å². The van der Waals surface area contributed by atoms with Gasteiger partial charge in [0.15, 0.2) is 0 Å². The van der Waals surface area contributed by atoms with E-state index in [1.807, 2.05) is 36.4 Å². The van der Waals surface area contributed by atoms with Gasteiger partial charge in [0.05, 0.1) is 19.3 Å². The molecular weight excluding hydrogens is 262 g/mol. The van der Waals surface area contributed by atoms with Crippen LogP contribution in [0.15, 0.2) is 36.4 Å². The number of hydrogen-bond acceptors (Lipinski definition) is 3. The zero-order chi connectivity index (χ0) is 15.4. The molecule has 0 aliphatic rings. The van der Waals surface area contributed by atoms with Gasteiger partial charge >= 0.3 is 0 Å². The second-order valence-corrected chi connectivity index (χ2v) is 5.97. The van der Waals surface area contributed by atoms with Crippen LogP contribution in [0.25, 0.3) is 10.8 Å². The Bertz CT molecular complexity index is 595. The van der Waals surface area contributed by atoms with Gasteiger partial charge < -0.3 is 15.6 Å². The van der Waals surface area contributed by atoms with Crippen LogP contribution in [0.2, 0.25) is 0 Å². The summed E-state index contributed by atoms with van der Waals surface area (Å²) < 4.78 is 5.46. The van der Waals surface area contributed by atoms with Crippen molar-refractivity contribution < 1.29 is 9.84 Å². The van der Waals surface area contributed by atoms with E-state index in [0.29, 0.717) is 12.3 Å². The highest BCUT2D eigenvalue weighted by atomic mass is 16.5. The highest BCUT2D eigenvalue weighted by Gasteiger charge is 2.22. The van der Waals surface area contributed by atoms with Crippen LogP contribution < -0.4 is 10.5 Å². The Labute approximate surface area is 126 Å². The van der Waals surface area contributed by atoms with Crippen molar-refractivity contribution in [3.8, 4) is 5.75 Å². The quantitative estimate of drug-likeness (QED) is 0.852. The first kappa shape index (κ1) is 15.8. The lowest BCUT2D eigenvalue weighted by Crippen LogP contribution is -2.27. The van der Waals surface area contributed by atoms with Crippen molar-refractivity contribution in [2.24, 2.45) is 11.7 Å². The number of aliphatic hydroxyl groups excluding tert-OH is 1. The van der Waals surface area contributed by atoms with Crippen molar-refractivity contribution in [3.05, 3.63) is 42.0 Å². The van der Waals surface area contributed by atoms with E-state index in [2.05, 4.69) is 13.8 Å². The van der Waals surface area contributed by atoms with Gasteiger partial charge in [0.25, 0.3) is 0 Å². The summed E-state index contributed by atoms with van der Waals surface area (Å²) >= 11 is 0. The standard InChI is InChI=1S/C18H25NO2/c1-12(2)8-10-15(20)18(19)17-14-7-5-4-6-13(14)9-11-16(17)21-3/h4-7,9,11-12,15,18,20H,8,10,19H2,1-3H3/t15-,18-/m1/s1. The van der Waals surface area contributed by atoms with Crippen molar-refractivity contribution in [2.75, 3.05) is 7.11 Å². The zero-order valence-corrected chi connectivity index (χ0v) is 13.0. The van der Waals surface area contributed by atoms with E-state index in [4.69, 9.17) is 10.5 Å². The second-order valence-electron chi connectivity index (χ2n) is 5.97. The van der Waals surface area contributed by atoms with Crippen LogP contribution in [0.3, 0.4) is 0 Å². The van der Waals surface area contributed by atoms with Crippen LogP contribution >= 0.6 is 0 Å². The van der Waals surface area contributed by atoms with Crippen LogP contribution in [-0.4, -0.2) is 18.3 Å². The smallest absolute Gasteiger partial charge is 0.124 e. The lowest BCUT2D eigenvalue weighted by molar-refractivity contribution is 0.127. The third kappa shape index (κ3) is 3.55. The molecule has 0 aromatic heterocycles. The number of ether oxygens (including phenoxy) is 1. The van der Waals surface area contributed by atoms with E-state index in [9.17, 15) is 5.11 Å². The molecule has 2 aromatic rings. The van der Waals surface area contributed by atoms with Crippen LogP contribution in [0.5, 0.6) is 5.75 Å².